The number of fused-ring (bicyclic) bond motifs is 3. The monoisotopic (exact) mass is 552 g/mol. The average molecular weight is 553 g/mol. The highest BCUT2D eigenvalue weighted by atomic mass is 28.2. The Balaban J connectivity index is 2.06. The number of aryl methyl sites for hydroxylation is 1. The second-order valence-corrected chi connectivity index (χ2v) is 16.6. The molecule has 0 spiro atoms. The number of ether oxygens (including phenoxy) is 1. The van der Waals surface area contributed by atoms with Crippen LogP contribution in [-0.2, 0) is 16.2 Å². The van der Waals surface area contributed by atoms with Gasteiger partial charge in [0.15, 0.2) is 0 Å². The van der Waals surface area contributed by atoms with E-state index in [-0.39, 0.29) is 25.8 Å². The van der Waals surface area contributed by atoms with E-state index in [1.165, 1.54) is 56.1 Å². The molecular formula is C38H52OSi. The molecule has 0 aliphatic heterocycles. The van der Waals surface area contributed by atoms with Crippen LogP contribution in [-0.4, -0.2) is 16.1 Å². The molecule has 4 rings (SSSR count). The third kappa shape index (κ3) is 5.89. The second-order valence-electron chi connectivity index (χ2n) is 15.1. The molecule has 0 amide bonds. The van der Waals surface area contributed by atoms with E-state index in [2.05, 4.69) is 131 Å². The molecule has 0 heterocycles. The van der Waals surface area contributed by atoms with E-state index in [1.807, 2.05) is 6.08 Å². The maximum atomic E-state index is 6.62. The third-order valence-electron chi connectivity index (χ3n) is 8.61. The van der Waals surface area contributed by atoms with Gasteiger partial charge in [-0.25, -0.2) is 0 Å². The molecular weight excluding hydrogens is 501 g/mol. The van der Waals surface area contributed by atoms with Crippen molar-refractivity contribution in [2.24, 2.45) is 0 Å². The average Bonchev–Trinajstić information content (AvgIpc) is 3.17. The zero-order valence-electron chi connectivity index (χ0n) is 27.1. The molecule has 1 aliphatic rings. The topological polar surface area (TPSA) is 9.23 Å². The Kier molecular flexibility index (Phi) is 8.36. The van der Waals surface area contributed by atoms with E-state index in [0.29, 0.717) is 18.4 Å². The highest BCUT2D eigenvalue weighted by Gasteiger charge is 2.38. The van der Waals surface area contributed by atoms with Gasteiger partial charge in [-0.3, -0.25) is 0 Å². The molecule has 214 valence electrons. The SMILES string of the molecule is C=CCOc1c(C(C[SiH2]C)C2c3cc(C(C)(C)C)ccc3-c3ccc(C(C)(C)C)cc32)cc(C)cc1C(C)(C)C. The van der Waals surface area contributed by atoms with E-state index in [4.69, 9.17) is 4.74 Å². The highest BCUT2D eigenvalue weighted by Crippen LogP contribution is 2.55. The summed E-state index contributed by atoms with van der Waals surface area (Å²) in [6.45, 7) is 30.1. The molecule has 40 heavy (non-hydrogen) atoms. The zero-order chi connectivity index (χ0) is 29.6. The first-order chi connectivity index (χ1) is 18.6. The maximum absolute atomic E-state index is 6.62. The summed E-state index contributed by atoms with van der Waals surface area (Å²) in [5.41, 5.74) is 12.8. The summed E-state index contributed by atoms with van der Waals surface area (Å²) in [5.74, 6) is 1.75. The molecule has 0 N–H and O–H groups in total. The quantitative estimate of drug-likeness (QED) is 0.209. The maximum Gasteiger partial charge on any atom is 0.127 e. The van der Waals surface area contributed by atoms with Gasteiger partial charge in [-0.1, -0.05) is 142 Å². The van der Waals surface area contributed by atoms with Gasteiger partial charge in [0.1, 0.15) is 12.4 Å². The van der Waals surface area contributed by atoms with Gasteiger partial charge in [-0.15, -0.1) is 0 Å². The Hall–Kier alpha value is -2.58. The van der Waals surface area contributed by atoms with E-state index in [0.717, 1.165) is 5.75 Å². The minimum atomic E-state index is -0.255. The van der Waals surface area contributed by atoms with Gasteiger partial charge in [0.2, 0.25) is 0 Å². The molecule has 1 atom stereocenters. The number of hydrogen-bond donors (Lipinski definition) is 0. The van der Waals surface area contributed by atoms with E-state index >= 15 is 0 Å². The Morgan fingerprint density at radius 2 is 1.32 bits per heavy atom. The van der Waals surface area contributed by atoms with Crippen molar-refractivity contribution in [2.45, 2.75) is 110 Å². The van der Waals surface area contributed by atoms with Gasteiger partial charge in [0, 0.05) is 21.0 Å². The van der Waals surface area contributed by atoms with Gasteiger partial charge in [0.05, 0.1) is 0 Å². The highest BCUT2D eigenvalue weighted by molar-refractivity contribution is 6.33. The van der Waals surface area contributed by atoms with Crippen LogP contribution in [0.15, 0.2) is 61.2 Å². The molecule has 0 fully saturated rings. The first-order valence-corrected chi connectivity index (χ1v) is 17.7. The lowest BCUT2D eigenvalue weighted by molar-refractivity contribution is 0.343. The molecule has 3 aromatic rings. The van der Waals surface area contributed by atoms with Gasteiger partial charge in [-0.2, -0.15) is 0 Å². The third-order valence-corrected chi connectivity index (χ3v) is 9.81. The van der Waals surface area contributed by atoms with Gasteiger partial charge >= 0.3 is 0 Å². The fraction of sp³-hybridized carbons (Fsp3) is 0.474. The molecule has 1 aliphatic carbocycles. The summed E-state index contributed by atoms with van der Waals surface area (Å²) in [7, 11) is -0.255. The van der Waals surface area contributed by atoms with Crippen LogP contribution in [0.5, 0.6) is 5.75 Å². The largest absolute Gasteiger partial charge is 0.489 e. The molecule has 0 bridgehead atoms. The van der Waals surface area contributed by atoms with Crippen molar-refractivity contribution in [3.63, 3.8) is 0 Å². The fourth-order valence-corrected chi connectivity index (χ4v) is 7.68. The number of rotatable bonds is 7. The lowest BCUT2D eigenvalue weighted by Gasteiger charge is -2.32. The molecule has 0 saturated heterocycles. The lowest BCUT2D eigenvalue weighted by Crippen LogP contribution is -2.20. The van der Waals surface area contributed by atoms with Crippen molar-refractivity contribution < 1.29 is 4.74 Å². The normalized spacial score (nSPS) is 14.9. The van der Waals surface area contributed by atoms with Crippen LogP contribution in [0.1, 0.15) is 113 Å². The molecule has 0 radical (unpaired) electrons. The summed E-state index contributed by atoms with van der Waals surface area (Å²) in [4.78, 5) is 0. The minimum Gasteiger partial charge on any atom is -0.489 e. The van der Waals surface area contributed by atoms with Crippen molar-refractivity contribution in [3.8, 4) is 16.9 Å². The molecule has 0 saturated carbocycles. The molecule has 1 nitrogen and oxygen atoms in total. The first kappa shape index (κ1) is 30.4. The summed E-state index contributed by atoms with van der Waals surface area (Å²) < 4.78 is 6.62. The molecule has 1 unspecified atom stereocenters. The summed E-state index contributed by atoms with van der Waals surface area (Å²) in [5, 5.41) is 0. The van der Waals surface area contributed by atoms with Crippen molar-refractivity contribution in [1.29, 1.82) is 0 Å². The van der Waals surface area contributed by atoms with Crippen molar-refractivity contribution in [3.05, 3.63) is 100 Å². The minimum absolute atomic E-state index is 0.0181. The summed E-state index contributed by atoms with van der Waals surface area (Å²) >= 11 is 0. The van der Waals surface area contributed by atoms with E-state index in [1.54, 1.807) is 0 Å². The zero-order valence-corrected chi connectivity index (χ0v) is 28.5. The summed E-state index contributed by atoms with van der Waals surface area (Å²) in [6, 6.07) is 20.6. The Morgan fingerprint density at radius 3 is 1.75 bits per heavy atom. The van der Waals surface area contributed by atoms with Crippen LogP contribution in [0.4, 0.5) is 0 Å². The van der Waals surface area contributed by atoms with Crippen LogP contribution in [0.3, 0.4) is 0 Å². The second kappa shape index (κ2) is 11.0. The lowest BCUT2D eigenvalue weighted by atomic mass is 9.75. The predicted octanol–water partition coefficient (Wildman–Crippen LogP) is 9.98. The van der Waals surface area contributed by atoms with Crippen LogP contribution in [0.25, 0.3) is 11.1 Å². The standard InChI is InChI=1S/C38H52OSi/c1-13-18-39-35-31(19-24(2)20-33(35)38(9,10)11)32(23-40-12)34-29-21-25(36(3,4)5)14-16-27(29)28-17-15-26(22-30(28)34)37(6,7)8/h13-17,19-22,32,34H,1,18,23,40H2,2-12H3. The first-order valence-electron chi connectivity index (χ1n) is 15.3. The van der Waals surface area contributed by atoms with Crippen molar-refractivity contribution >= 4 is 9.52 Å². The van der Waals surface area contributed by atoms with Gasteiger partial charge < -0.3 is 4.74 Å². The Bertz CT molecular complexity index is 1330. The molecule has 2 heteroatoms. The predicted molar refractivity (Wildman–Crippen MR) is 179 cm³/mol. The van der Waals surface area contributed by atoms with Crippen molar-refractivity contribution in [1.82, 2.24) is 0 Å². The van der Waals surface area contributed by atoms with Gasteiger partial charge in [0.25, 0.3) is 0 Å². The summed E-state index contributed by atoms with van der Waals surface area (Å²) in [6.07, 6.45) is 1.88. The Morgan fingerprint density at radius 1 is 0.800 bits per heavy atom. The fourth-order valence-electron chi connectivity index (χ4n) is 6.41. The van der Waals surface area contributed by atoms with Crippen LogP contribution >= 0.6 is 0 Å². The van der Waals surface area contributed by atoms with Crippen LogP contribution in [0.2, 0.25) is 12.6 Å². The van der Waals surface area contributed by atoms with Gasteiger partial charge in [-0.05, 0) is 68.0 Å². The van der Waals surface area contributed by atoms with Crippen LogP contribution < -0.4 is 4.74 Å². The van der Waals surface area contributed by atoms with E-state index < -0.39 is 0 Å². The van der Waals surface area contributed by atoms with Crippen LogP contribution in [0, 0.1) is 6.92 Å². The number of benzene rings is 3. The van der Waals surface area contributed by atoms with Crippen molar-refractivity contribution in [2.75, 3.05) is 6.61 Å². The van der Waals surface area contributed by atoms with E-state index in [9.17, 15) is 0 Å². The Labute approximate surface area is 247 Å². The molecule has 3 aromatic carbocycles. The number of hydrogen-bond acceptors (Lipinski definition) is 1. The smallest absolute Gasteiger partial charge is 0.127 e. The molecule has 0 aromatic heterocycles.